The zero-order valence-corrected chi connectivity index (χ0v) is 11.3. The number of rotatable bonds is 4. The van der Waals surface area contributed by atoms with Crippen molar-refractivity contribution < 1.29 is 19.7 Å². The molecule has 0 aliphatic rings. The lowest BCUT2D eigenvalue weighted by atomic mass is 10.1. The van der Waals surface area contributed by atoms with E-state index in [1.165, 1.54) is 6.20 Å². The predicted octanol–water partition coefficient (Wildman–Crippen LogP) is 1.00. The number of aliphatic hydroxyl groups excluding tert-OH is 2. The van der Waals surface area contributed by atoms with E-state index in [0.717, 1.165) is 0 Å². The van der Waals surface area contributed by atoms with Crippen molar-refractivity contribution in [2.75, 3.05) is 6.61 Å². The Bertz CT molecular complexity index is 403. The van der Waals surface area contributed by atoms with Gasteiger partial charge in [0, 0.05) is 18.0 Å². The standard InChI is InChI=1S/C13H20N2O4/c1-13(2,3)19-12(18)15-10(8-16)11(17)9-5-4-6-14-7-9/h4-7,10-11,16-17H,8H2,1-3H3,(H,15,18)/t10-,11+/m1/s1. The van der Waals surface area contributed by atoms with E-state index in [-0.39, 0.29) is 0 Å². The van der Waals surface area contributed by atoms with Crippen LogP contribution in [0.5, 0.6) is 0 Å². The van der Waals surface area contributed by atoms with Gasteiger partial charge in [-0.3, -0.25) is 4.98 Å². The Hall–Kier alpha value is -1.66. The molecular weight excluding hydrogens is 248 g/mol. The van der Waals surface area contributed by atoms with Crippen LogP contribution in [0.15, 0.2) is 24.5 Å². The van der Waals surface area contributed by atoms with E-state index in [1.54, 1.807) is 39.1 Å². The molecule has 0 spiro atoms. The zero-order valence-electron chi connectivity index (χ0n) is 11.3. The molecule has 0 bridgehead atoms. The van der Waals surface area contributed by atoms with Gasteiger partial charge in [-0.05, 0) is 26.8 Å². The zero-order chi connectivity index (χ0) is 14.5. The Morgan fingerprint density at radius 3 is 2.68 bits per heavy atom. The second-order valence-corrected chi connectivity index (χ2v) is 5.17. The van der Waals surface area contributed by atoms with Crippen LogP contribution in [-0.4, -0.2) is 39.5 Å². The molecule has 1 amide bonds. The van der Waals surface area contributed by atoms with Crippen molar-refractivity contribution in [1.29, 1.82) is 0 Å². The van der Waals surface area contributed by atoms with Crippen molar-refractivity contribution >= 4 is 6.09 Å². The van der Waals surface area contributed by atoms with E-state index in [1.807, 2.05) is 0 Å². The van der Waals surface area contributed by atoms with Crippen LogP contribution < -0.4 is 5.32 Å². The summed E-state index contributed by atoms with van der Waals surface area (Å²) in [5.74, 6) is 0. The van der Waals surface area contributed by atoms with E-state index in [4.69, 9.17) is 4.74 Å². The lowest BCUT2D eigenvalue weighted by Crippen LogP contribution is -2.44. The van der Waals surface area contributed by atoms with Crippen molar-refractivity contribution in [3.05, 3.63) is 30.1 Å². The number of carbonyl (C=O) groups excluding carboxylic acids is 1. The minimum Gasteiger partial charge on any atom is -0.444 e. The SMILES string of the molecule is CC(C)(C)OC(=O)N[C@H](CO)[C@@H](O)c1cccnc1. The Kier molecular flexibility index (Phi) is 5.26. The van der Waals surface area contributed by atoms with Crippen LogP contribution in [0.3, 0.4) is 0 Å². The molecule has 0 aliphatic heterocycles. The molecule has 0 fully saturated rings. The number of hydrogen-bond acceptors (Lipinski definition) is 5. The largest absolute Gasteiger partial charge is 0.444 e. The Morgan fingerprint density at radius 2 is 2.21 bits per heavy atom. The molecule has 0 aromatic carbocycles. The summed E-state index contributed by atoms with van der Waals surface area (Å²) >= 11 is 0. The topological polar surface area (TPSA) is 91.7 Å². The molecule has 1 heterocycles. The average Bonchev–Trinajstić information content (AvgIpc) is 2.34. The molecule has 0 unspecified atom stereocenters. The molecule has 1 aromatic heterocycles. The molecule has 0 saturated carbocycles. The maximum Gasteiger partial charge on any atom is 0.408 e. The minimum atomic E-state index is -1.05. The van der Waals surface area contributed by atoms with E-state index in [2.05, 4.69) is 10.3 Å². The molecular formula is C13H20N2O4. The molecule has 2 atom stereocenters. The summed E-state index contributed by atoms with van der Waals surface area (Å²) in [5, 5.41) is 21.7. The van der Waals surface area contributed by atoms with Gasteiger partial charge in [-0.25, -0.2) is 4.79 Å². The van der Waals surface area contributed by atoms with Crippen molar-refractivity contribution in [2.45, 2.75) is 38.5 Å². The highest BCUT2D eigenvalue weighted by molar-refractivity contribution is 5.68. The van der Waals surface area contributed by atoms with Gasteiger partial charge in [0.25, 0.3) is 0 Å². The van der Waals surface area contributed by atoms with Gasteiger partial charge in [0.1, 0.15) is 11.7 Å². The van der Waals surface area contributed by atoms with Gasteiger partial charge in [-0.15, -0.1) is 0 Å². The fourth-order valence-electron chi connectivity index (χ4n) is 1.47. The minimum absolute atomic E-state index is 0.407. The predicted molar refractivity (Wildman–Crippen MR) is 69.4 cm³/mol. The molecule has 106 valence electrons. The summed E-state index contributed by atoms with van der Waals surface area (Å²) in [6.45, 7) is 4.80. The third kappa shape index (κ3) is 5.23. The van der Waals surface area contributed by atoms with Crippen molar-refractivity contribution in [3.63, 3.8) is 0 Å². The number of alkyl carbamates (subject to hydrolysis) is 1. The van der Waals surface area contributed by atoms with Gasteiger partial charge < -0.3 is 20.3 Å². The summed E-state index contributed by atoms with van der Waals surface area (Å²) in [6.07, 6.45) is 1.32. The number of aliphatic hydroxyl groups is 2. The highest BCUT2D eigenvalue weighted by Crippen LogP contribution is 2.16. The van der Waals surface area contributed by atoms with Crippen LogP contribution in [0, 0.1) is 0 Å². The fourth-order valence-corrected chi connectivity index (χ4v) is 1.47. The molecule has 6 nitrogen and oxygen atoms in total. The second kappa shape index (κ2) is 6.49. The molecule has 0 aliphatic carbocycles. The second-order valence-electron chi connectivity index (χ2n) is 5.17. The maximum atomic E-state index is 11.6. The van der Waals surface area contributed by atoms with Crippen molar-refractivity contribution in [3.8, 4) is 0 Å². The number of nitrogens with one attached hydrogen (secondary N) is 1. The Labute approximate surface area is 112 Å². The summed E-state index contributed by atoms with van der Waals surface area (Å²) in [7, 11) is 0. The average molecular weight is 268 g/mol. The third-order valence-electron chi connectivity index (χ3n) is 2.31. The van der Waals surface area contributed by atoms with E-state index in [9.17, 15) is 15.0 Å². The number of nitrogens with zero attached hydrogens (tertiary/aromatic N) is 1. The third-order valence-corrected chi connectivity index (χ3v) is 2.31. The Morgan fingerprint density at radius 1 is 1.53 bits per heavy atom. The van der Waals surface area contributed by atoms with Gasteiger partial charge in [-0.2, -0.15) is 0 Å². The van der Waals surface area contributed by atoms with Crippen LogP contribution in [-0.2, 0) is 4.74 Å². The summed E-state index contributed by atoms with van der Waals surface area (Å²) in [6, 6.07) is 2.48. The van der Waals surface area contributed by atoms with E-state index < -0.39 is 30.4 Å². The van der Waals surface area contributed by atoms with E-state index >= 15 is 0 Å². The van der Waals surface area contributed by atoms with Gasteiger partial charge in [-0.1, -0.05) is 6.07 Å². The quantitative estimate of drug-likeness (QED) is 0.757. The van der Waals surface area contributed by atoms with Crippen LogP contribution in [0.25, 0.3) is 0 Å². The molecule has 3 N–H and O–H groups in total. The summed E-state index contributed by atoms with van der Waals surface area (Å²) in [4.78, 5) is 15.5. The van der Waals surface area contributed by atoms with Gasteiger partial charge in [0.05, 0.1) is 12.6 Å². The number of carbonyl (C=O) groups is 1. The van der Waals surface area contributed by atoms with Gasteiger partial charge in [0.15, 0.2) is 0 Å². The smallest absolute Gasteiger partial charge is 0.408 e. The highest BCUT2D eigenvalue weighted by Gasteiger charge is 2.25. The highest BCUT2D eigenvalue weighted by atomic mass is 16.6. The first-order valence-electron chi connectivity index (χ1n) is 6.02. The number of aromatic nitrogens is 1. The first-order valence-corrected chi connectivity index (χ1v) is 6.02. The fraction of sp³-hybridized carbons (Fsp3) is 0.538. The summed E-state index contributed by atoms with van der Waals surface area (Å²) in [5.41, 5.74) is -0.124. The molecule has 1 rings (SSSR count). The number of ether oxygens (including phenoxy) is 1. The van der Waals surface area contributed by atoms with Crippen LogP contribution >= 0.6 is 0 Å². The lowest BCUT2D eigenvalue weighted by Gasteiger charge is -2.25. The van der Waals surface area contributed by atoms with Crippen LogP contribution in [0.1, 0.15) is 32.4 Å². The maximum absolute atomic E-state index is 11.6. The first-order chi connectivity index (χ1) is 8.83. The normalized spacial score (nSPS) is 14.6. The number of pyridine rings is 1. The van der Waals surface area contributed by atoms with E-state index in [0.29, 0.717) is 5.56 Å². The lowest BCUT2D eigenvalue weighted by molar-refractivity contribution is 0.0349. The number of hydrogen-bond donors (Lipinski definition) is 3. The first kappa shape index (κ1) is 15.4. The summed E-state index contributed by atoms with van der Waals surface area (Å²) < 4.78 is 5.07. The van der Waals surface area contributed by atoms with Gasteiger partial charge >= 0.3 is 6.09 Å². The van der Waals surface area contributed by atoms with Crippen molar-refractivity contribution in [2.24, 2.45) is 0 Å². The monoisotopic (exact) mass is 268 g/mol. The van der Waals surface area contributed by atoms with Crippen LogP contribution in [0.4, 0.5) is 4.79 Å². The molecule has 0 radical (unpaired) electrons. The van der Waals surface area contributed by atoms with Gasteiger partial charge in [0.2, 0.25) is 0 Å². The molecule has 19 heavy (non-hydrogen) atoms. The molecule has 6 heteroatoms. The van der Waals surface area contributed by atoms with Crippen LogP contribution in [0.2, 0.25) is 0 Å². The molecule has 1 aromatic rings. The van der Waals surface area contributed by atoms with Crippen molar-refractivity contribution in [1.82, 2.24) is 10.3 Å². The number of amides is 1. The Balaban J connectivity index is 2.66. The molecule has 0 saturated heterocycles.